The van der Waals surface area contributed by atoms with Gasteiger partial charge >= 0.3 is 5.76 Å². The predicted molar refractivity (Wildman–Crippen MR) is 108 cm³/mol. The lowest BCUT2D eigenvalue weighted by atomic mass is 10.1. The minimum atomic E-state index is -3.78. The first kappa shape index (κ1) is 19.8. The van der Waals surface area contributed by atoms with E-state index in [0.717, 1.165) is 18.7 Å². The van der Waals surface area contributed by atoms with E-state index in [2.05, 4.69) is 9.62 Å². The maximum absolute atomic E-state index is 12.9. The third kappa shape index (κ3) is 4.13. The second kappa shape index (κ2) is 8.11. The maximum Gasteiger partial charge on any atom is 0.419 e. The van der Waals surface area contributed by atoms with E-state index in [-0.39, 0.29) is 23.1 Å². The van der Waals surface area contributed by atoms with E-state index in [1.165, 1.54) is 16.7 Å². The van der Waals surface area contributed by atoms with Crippen molar-refractivity contribution in [2.75, 3.05) is 32.8 Å². The molecular formula is C20H23N3O5S. The fraction of sp³-hybridized carbons (Fsp3) is 0.350. The number of oxazole rings is 1. The minimum absolute atomic E-state index is 0.0631. The summed E-state index contributed by atoms with van der Waals surface area (Å²) in [6, 6.07) is 14.2. The van der Waals surface area contributed by atoms with E-state index < -0.39 is 15.8 Å². The summed E-state index contributed by atoms with van der Waals surface area (Å²) in [7, 11) is -2.20. The second-order valence-electron chi connectivity index (χ2n) is 6.98. The average molecular weight is 417 g/mol. The number of ether oxygens (including phenoxy) is 1. The fourth-order valence-corrected chi connectivity index (χ4v) is 4.63. The Morgan fingerprint density at radius 1 is 1.10 bits per heavy atom. The molecule has 1 aromatic heterocycles. The minimum Gasteiger partial charge on any atom is -0.408 e. The number of aryl methyl sites for hydroxylation is 1. The molecule has 1 saturated heterocycles. The van der Waals surface area contributed by atoms with Crippen molar-refractivity contribution in [1.29, 1.82) is 0 Å². The molecule has 0 bridgehead atoms. The van der Waals surface area contributed by atoms with E-state index >= 15 is 0 Å². The summed E-state index contributed by atoms with van der Waals surface area (Å²) in [6.07, 6.45) is 0. The summed E-state index contributed by atoms with van der Waals surface area (Å²) in [4.78, 5) is 13.9. The van der Waals surface area contributed by atoms with E-state index in [4.69, 9.17) is 9.15 Å². The highest BCUT2D eigenvalue weighted by Crippen LogP contribution is 2.23. The smallest absolute Gasteiger partial charge is 0.408 e. The zero-order valence-corrected chi connectivity index (χ0v) is 16.9. The SMILES string of the molecule is Cn1c(=O)oc2cc(S(=O)(=O)NC[C@@H](c3ccccc3)N3CCOCC3)ccc21. The Morgan fingerprint density at radius 2 is 1.83 bits per heavy atom. The van der Waals surface area contributed by atoms with Crippen molar-refractivity contribution < 1.29 is 17.6 Å². The number of nitrogens with zero attached hydrogens (tertiary/aromatic N) is 2. The quantitative estimate of drug-likeness (QED) is 0.653. The molecule has 0 unspecified atom stereocenters. The highest BCUT2D eigenvalue weighted by atomic mass is 32.2. The van der Waals surface area contributed by atoms with Crippen molar-refractivity contribution in [3.63, 3.8) is 0 Å². The number of fused-ring (bicyclic) bond motifs is 1. The summed E-state index contributed by atoms with van der Waals surface area (Å²) in [5.41, 5.74) is 1.83. The van der Waals surface area contributed by atoms with Crippen LogP contribution in [0.3, 0.4) is 0 Å². The first-order valence-electron chi connectivity index (χ1n) is 9.42. The second-order valence-corrected chi connectivity index (χ2v) is 8.75. The van der Waals surface area contributed by atoms with Gasteiger partial charge in [-0.2, -0.15) is 0 Å². The average Bonchev–Trinajstić information content (AvgIpc) is 3.03. The number of nitrogens with one attached hydrogen (secondary N) is 1. The molecule has 0 aliphatic carbocycles. The van der Waals surface area contributed by atoms with Crippen molar-refractivity contribution in [2.24, 2.45) is 7.05 Å². The molecule has 1 atom stereocenters. The van der Waals surface area contributed by atoms with Crippen LogP contribution in [0.15, 0.2) is 62.6 Å². The number of benzene rings is 2. The third-order valence-electron chi connectivity index (χ3n) is 5.21. The Kier molecular flexibility index (Phi) is 5.55. The van der Waals surface area contributed by atoms with Crippen LogP contribution in [0.2, 0.25) is 0 Å². The van der Waals surface area contributed by atoms with Gasteiger partial charge in [0.15, 0.2) is 5.58 Å². The van der Waals surface area contributed by atoms with E-state index in [1.54, 1.807) is 13.1 Å². The number of morpholine rings is 1. The third-order valence-corrected chi connectivity index (χ3v) is 6.63. The zero-order valence-electron chi connectivity index (χ0n) is 16.1. The predicted octanol–water partition coefficient (Wildman–Crippen LogP) is 1.48. The van der Waals surface area contributed by atoms with Crippen molar-refractivity contribution in [1.82, 2.24) is 14.2 Å². The number of aromatic nitrogens is 1. The Bertz CT molecular complexity index is 1150. The lowest BCUT2D eigenvalue weighted by Gasteiger charge is -2.34. The molecule has 2 heterocycles. The van der Waals surface area contributed by atoms with Gasteiger partial charge in [0.05, 0.1) is 23.6 Å². The molecule has 3 aromatic rings. The van der Waals surface area contributed by atoms with Crippen LogP contribution in [-0.2, 0) is 21.8 Å². The molecule has 154 valence electrons. The van der Waals surface area contributed by atoms with E-state index in [0.29, 0.717) is 18.7 Å². The monoisotopic (exact) mass is 417 g/mol. The molecule has 1 aliphatic rings. The topological polar surface area (TPSA) is 93.8 Å². The standard InChI is InChI=1S/C20H23N3O5S/c1-22-17-8-7-16(13-19(17)28-20(22)24)29(25,26)21-14-18(15-5-3-2-4-6-15)23-9-11-27-12-10-23/h2-8,13,18,21H,9-12,14H2,1H3/t18-/m0/s1. The molecule has 1 fully saturated rings. The van der Waals surface area contributed by atoms with E-state index in [9.17, 15) is 13.2 Å². The van der Waals surface area contributed by atoms with Crippen LogP contribution in [0.25, 0.3) is 11.1 Å². The molecule has 29 heavy (non-hydrogen) atoms. The Hall–Kier alpha value is -2.46. The van der Waals surface area contributed by atoms with Crippen LogP contribution in [-0.4, -0.2) is 50.7 Å². The van der Waals surface area contributed by atoms with Gasteiger partial charge in [-0.3, -0.25) is 9.47 Å². The van der Waals surface area contributed by atoms with Crippen LogP contribution < -0.4 is 10.5 Å². The molecule has 0 radical (unpaired) electrons. The highest BCUT2D eigenvalue weighted by Gasteiger charge is 2.25. The first-order chi connectivity index (χ1) is 14.0. The van der Waals surface area contributed by atoms with Crippen LogP contribution in [0.5, 0.6) is 0 Å². The molecule has 0 spiro atoms. The lowest BCUT2D eigenvalue weighted by molar-refractivity contribution is 0.0172. The molecule has 1 aliphatic heterocycles. The summed E-state index contributed by atoms with van der Waals surface area (Å²) in [6.45, 7) is 2.95. The van der Waals surface area contributed by atoms with Gasteiger partial charge < -0.3 is 9.15 Å². The lowest BCUT2D eigenvalue weighted by Crippen LogP contribution is -2.43. The summed E-state index contributed by atoms with van der Waals surface area (Å²) in [5.74, 6) is -0.529. The van der Waals surface area contributed by atoms with Crippen LogP contribution in [0.4, 0.5) is 0 Å². The zero-order chi connectivity index (χ0) is 20.4. The normalized spacial score (nSPS) is 16.9. The molecule has 2 aromatic carbocycles. The van der Waals surface area contributed by atoms with Gasteiger partial charge in [0.1, 0.15) is 0 Å². The summed E-state index contributed by atoms with van der Waals surface area (Å²) in [5, 5.41) is 0. The number of rotatable bonds is 6. The summed E-state index contributed by atoms with van der Waals surface area (Å²) >= 11 is 0. The van der Waals surface area contributed by atoms with Gasteiger partial charge in [0, 0.05) is 38.8 Å². The van der Waals surface area contributed by atoms with Crippen LogP contribution in [0.1, 0.15) is 11.6 Å². The van der Waals surface area contributed by atoms with Gasteiger partial charge in [-0.15, -0.1) is 0 Å². The van der Waals surface area contributed by atoms with Crippen molar-refractivity contribution in [2.45, 2.75) is 10.9 Å². The molecule has 1 N–H and O–H groups in total. The molecule has 9 heteroatoms. The molecule has 8 nitrogen and oxygen atoms in total. The van der Waals surface area contributed by atoms with Crippen molar-refractivity contribution >= 4 is 21.1 Å². The van der Waals surface area contributed by atoms with Crippen molar-refractivity contribution in [3.05, 3.63) is 64.6 Å². The Morgan fingerprint density at radius 3 is 2.55 bits per heavy atom. The Balaban J connectivity index is 1.58. The maximum atomic E-state index is 12.9. The van der Waals surface area contributed by atoms with Crippen LogP contribution in [0, 0.1) is 0 Å². The number of hydrogen-bond acceptors (Lipinski definition) is 6. The number of sulfonamides is 1. The highest BCUT2D eigenvalue weighted by molar-refractivity contribution is 7.89. The molecular weight excluding hydrogens is 394 g/mol. The first-order valence-corrected chi connectivity index (χ1v) is 10.9. The van der Waals surface area contributed by atoms with Gasteiger partial charge in [0.25, 0.3) is 0 Å². The molecule has 4 rings (SSSR count). The van der Waals surface area contributed by atoms with E-state index in [1.807, 2.05) is 30.3 Å². The van der Waals surface area contributed by atoms with Gasteiger partial charge in [-0.05, 0) is 17.7 Å². The Labute approximate surface area is 168 Å². The van der Waals surface area contributed by atoms with Crippen LogP contribution >= 0.6 is 0 Å². The molecule has 0 saturated carbocycles. The fourth-order valence-electron chi connectivity index (χ4n) is 3.58. The van der Waals surface area contributed by atoms with Gasteiger partial charge in [-0.1, -0.05) is 30.3 Å². The van der Waals surface area contributed by atoms with Crippen molar-refractivity contribution in [3.8, 4) is 0 Å². The largest absolute Gasteiger partial charge is 0.419 e. The summed E-state index contributed by atoms with van der Waals surface area (Å²) < 4.78 is 40.4. The van der Waals surface area contributed by atoms with Gasteiger partial charge in [-0.25, -0.2) is 17.9 Å². The van der Waals surface area contributed by atoms with Gasteiger partial charge in [0.2, 0.25) is 10.0 Å². The molecule has 0 amide bonds. The number of hydrogen-bond donors (Lipinski definition) is 1.